The van der Waals surface area contributed by atoms with Crippen molar-refractivity contribution in [1.29, 1.82) is 0 Å². The summed E-state index contributed by atoms with van der Waals surface area (Å²) < 4.78 is 5.07. The van der Waals surface area contributed by atoms with Crippen LogP contribution in [0.3, 0.4) is 0 Å². The number of cyclic esters (lactones) is 1. The second kappa shape index (κ2) is 7.11. The molecule has 0 radical (unpaired) electrons. The molecule has 25 heavy (non-hydrogen) atoms. The number of carbonyl (C=O) groups excluding carboxylic acids is 1. The molecule has 1 aliphatic rings. The molecule has 6 nitrogen and oxygen atoms in total. The molecule has 2 aromatic rings. The SMILES string of the molecule is O=C1OC(/C=C\c2cccc([N+](=O)[O-])c2)=NC/1=C/c1ccc(Cl)cc1. The molecule has 3 rings (SSSR count). The fourth-order valence-electron chi connectivity index (χ4n) is 2.12. The lowest BCUT2D eigenvalue weighted by atomic mass is 10.2. The molecule has 0 aliphatic carbocycles. The first kappa shape index (κ1) is 16.6. The Morgan fingerprint density at radius 2 is 1.84 bits per heavy atom. The number of hydrogen-bond donors (Lipinski definition) is 0. The van der Waals surface area contributed by atoms with Crippen molar-refractivity contribution in [2.24, 2.45) is 4.99 Å². The highest BCUT2D eigenvalue weighted by molar-refractivity contribution is 6.30. The van der Waals surface area contributed by atoms with E-state index in [1.54, 1.807) is 48.6 Å². The Kier molecular flexibility index (Phi) is 4.72. The molecule has 2 aromatic carbocycles. The van der Waals surface area contributed by atoms with Gasteiger partial charge in [0.05, 0.1) is 4.92 Å². The Labute approximate surface area is 147 Å². The average molecular weight is 355 g/mol. The van der Waals surface area contributed by atoms with Crippen LogP contribution < -0.4 is 0 Å². The summed E-state index contributed by atoms with van der Waals surface area (Å²) in [5.74, 6) is -0.439. The average Bonchev–Trinajstić information content (AvgIpc) is 2.95. The third-order valence-electron chi connectivity index (χ3n) is 3.31. The molecular formula is C18H11ClN2O4. The number of ether oxygens (including phenoxy) is 1. The molecule has 0 saturated heterocycles. The Balaban J connectivity index is 1.79. The van der Waals surface area contributed by atoms with E-state index >= 15 is 0 Å². The largest absolute Gasteiger partial charge is 0.403 e. The lowest BCUT2D eigenvalue weighted by Gasteiger charge is -1.94. The van der Waals surface area contributed by atoms with E-state index in [1.807, 2.05) is 0 Å². The van der Waals surface area contributed by atoms with Crippen LogP contribution in [0.2, 0.25) is 5.02 Å². The van der Waals surface area contributed by atoms with Gasteiger partial charge in [0.1, 0.15) is 0 Å². The minimum atomic E-state index is -0.561. The zero-order valence-corrected chi connectivity index (χ0v) is 13.5. The topological polar surface area (TPSA) is 81.8 Å². The molecule has 0 aromatic heterocycles. The van der Waals surface area contributed by atoms with Gasteiger partial charge in [-0.15, -0.1) is 0 Å². The van der Waals surface area contributed by atoms with Crippen LogP contribution in [0.25, 0.3) is 12.2 Å². The van der Waals surface area contributed by atoms with E-state index < -0.39 is 10.9 Å². The number of nitro groups is 1. The summed E-state index contributed by atoms with van der Waals surface area (Å²) in [6.45, 7) is 0. The predicted molar refractivity (Wildman–Crippen MR) is 95.1 cm³/mol. The quantitative estimate of drug-likeness (QED) is 0.355. The summed E-state index contributed by atoms with van der Waals surface area (Å²) in [6.07, 6.45) is 4.66. The maximum absolute atomic E-state index is 11.9. The van der Waals surface area contributed by atoms with Gasteiger partial charge in [-0.3, -0.25) is 10.1 Å². The number of hydrogen-bond acceptors (Lipinski definition) is 5. The van der Waals surface area contributed by atoms with Gasteiger partial charge in [-0.1, -0.05) is 35.9 Å². The van der Waals surface area contributed by atoms with E-state index in [9.17, 15) is 14.9 Å². The number of nitrogens with zero attached hydrogens (tertiary/aromatic N) is 2. The zero-order valence-electron chi connectivity index (χ0n) is 12.8. The van der Waals surface area contributed by atoms with Crippen LogP contribution in [-0.4, -0.2) is 16.8 Å². The third-order valence-corrected chi connectivity index (χ3v) is 3.56. The molecule has 0 fully saturated rings. The second-order valence-corrected chi connectivity index (χ2v) is 5.54. The molecular weight excluding hydrogens is 344 g/mol. The maximum Gasteiger partial charge on any atom is 0.363 e. The van der Waals surface area contributed by atoms with E-state index in [4.69, 9.17) is 16.3 Å². The smallest absolute Gasteiger partial charge is 0.363 e. The molecule has 0 saturated carbocycles. The van der Waals surface area contributed by atoms with Crippen molar-refractivity contribution in [3.05, 3.63) is 86.6 Å². The van der Waals surface area contributed by atoms with Gasteiger partial charge in [-0.25, -0.2) is 9.79 Å². The van der Waals surface area contributed by atoms with Crippen molar-refractivity contribution in [2.45, 2.75) is 0 Å². The molecule has 0 amide bonds. The number of nitro benzene ring substituents is 1. The van der Waals surface area contributed by atoms with E-state index in [0.717, 1.165) is 5.56 Å². The van der Waals surface area contributed by atoms with Crippen LogP contribution in [0.15, 0.2) is 65.3 Å². The van der Waals surface area contributed by atoms with Gasteiger partial charge in [0, 0.05) is 23.2 Å². The minimum absolute atomic E-state index is 0.0178. The molecule has 1 heterocycles. The van der Waals surface area contributed by atoms with Gasteiger partial charge in [-0.05, 0) is 35.4 Å². The normalized spacial score (nSPS) is 15.5. The summed E-state index contributed by atoms with van der Waals surface area (Å²) in [4.78, 5) is 26.3. The lowest BCUT2D eigenvalue weighted by Crippen LogP contribution is -2.01. The van der Waals surface area contributed by atoms with Gasteiger partial charge in [0.2, 0.25) is 5.90 Å². The highest BCUT2D eigenvalue weighted by atomic mass is 35.5. The van der Waals surface area contributed by atoms with Crippen molar-refractivity contribution < 1.29 is 14.5 Å². The molecule has 0 spiro atoms. The number of esters is 1. The molecule has 7 heteroatoms. The van der Waals surface area contributed by atoms with E-state index in [0.29, 0.717) is 10.6 Å². The van der Waals surface area contributed by atoms with Crippen molar-refractivity contribution in [3.8, 4) is 0 Å². The fourth-order valence-corrected chi connectivity index (χ4v) is 2.25. The Morgan fingerprint density at radius 3 is 2.56 bits per heavy atom. The summed E-state index contributed by atoms with van der Waals surface area (Å²) in [7, 11) is 0. The number of carbonyl (C=O) groups is 1. The molecule has 1 aliphatic heterocycles. The number of rotatable bonds is 4. The highest BCUT2D eigenvalue weighted by Crippen LogP contribution is 2.19. The first-order valence-corrected chi connectivity index (χ1v) is 7.60. The van der Waals surface area contributed by atoms with Crippen LogP contribution in [-0.2, 0) is 9.53 Å². The first-order valence-electron chi connectivity index (χ1n) is 7.22. The van der Waals surface area contributed by atoms with Crippen LogP contribution in [0.4, 0.5) is 5.69 Å². The predicted octanol–water partition coefficient (Wildman–Crippen LogP) is 4.26. The first-order chi connectivity index (χ1) is 12.0. The number of aliphatic imine (C=N–C) groups is 1. The Morgan fingerprint density at radius 1 is 1.08 bits per heavy atom. The molecule has 0 atom stereocenters. The van der Waals surface area contributed by atoms with Crippen LogP contribution in [0.5, 0.6) is 0 Å². The molecule has 0 unspecified atom stereocenters. The lowest BCUT2D eigenvalue weighted by molar-refractivity contribution is -0.384. The maximum atomic E-state index is 11.9. The molecule has 124 valence electrons. The van der Waals surface area contributed by atoms with Crippen LogP contribution >= 0.6 is 11.6 Å². The second-order valence-electron chi connectivity index (χ2n) is 5.11. The monoisotopic (exact) mass is 354 g/mol. The summed E-state index contributed by atoms with van der Waals surface area (Å²) in [5, 5.41) is 11.4. The van der Waals surface area contributed by atoms with Crippen molar-refractivity contribution >= 4 is 41.3 Å². The van der Waals surface area contributed by atoms with E-state index in [-0.39, 0.29) is 17.3 Å². The molecule has 0 N–H and O–H groups in total. The Hall–Kier alpha value is -3.25. The third kappa shape index (κ3) is 4.19. The number of benzene rings is 2. The van der Waals surface area contributed by atoms with Gasteiger partial charge in [0.15, 0.2) is 5.70 Å². The van der Waals surface area contributed by atoms with Gasteiger partial charge in [-0.2, -0.15) is 0 Å². The van der Waals surface area contributed by atoms with Crippen LogP contribution in [0, 0.1) is 10.1 Å². The standard InChI is InChI=1S/C18H11ClN2O4/c19-14-7-4-13(5-8-14)11-16-18(22)25-17(20-16)9-6-12-2-1-3-15(10-12)21(23)24/h1-11H/b9-6-,16-11+. The summed E-state index contributed by atoms with van der Waals surface area (Å²) >= 11 is 5.82. The van der Waals surface area contributed by atoms with Gasteiger partial charge >= 0.3 is 5.97 Å². The van der Waals surface area contributed by atoms with Crippen molar-refractivity contribution in [2.75, 3.05) is 0 Å². The minimum Gasteiger partial charge on any atom is -0.403 e. The zero-order chi connectivity index (χ0) is 17.8. The fraction of sp³-hybridized carbons (Fsp3) is 0. The number of non-ortho nitro benzene ring substituents is 1. The van der Waals surface area contributed by atoms with E-state index in [1.165, 1.54) is 18.2 Å². The van der Waals surface area contributed by atoms with Crippen LogP contribution in [0.1, 0.15) is 11.1 Å². The molecule has 0 bridgehead atoms. The van der Waals surface area contributed by atoms with Crippen molar-refractivity contribution in [3.63, 3.8) is 0 Å². The summed E-state index contributed by atoms with van der Waals surface area (Å²) in [6, 6.07) is 13.0. The highest BCUT2D eigenvalue weighted by Gasteiger charge is 2.21. The van der Waals surface area contributed by atoms with Crippen molar-refractivity contribution in [1.82, 2.24) is 0 Å². The Bertz CT molecular complexity index is 930. The summed E-state index contributed by atoms with van der Waals surface area (Å²) in [5.41, 5.74) is 1.52. The van der Waals surface area contributed by atoms with Gasteiger partial charge < -0.3 is 4.74 Å². The number of halogens is 1. The van der Waals surface area contributed by atoms with E-state index in [2.05, 4.69) is 4.99 Å². The van der Waals surface area contributed by atoms with Gasteiger partial charge in [0.25, 0.3) is 5.69 Å².